The monoisotopic (exact) mass is 394 g/mol. The fourth-order valence-corrected chi connectivity index (χ4v) is 2.72. The van der Waals surface area contributed by atoms with Gasteiger partial charge in [-0.05, 0) is 46.3 Å². The third kappa shape index (κ3) is 3.27. The third-order valence-corrected chi connectivity index (χ3v) is 3.97. The first-order valence-electron chi connectivity index (χ1n) is 7.42. The van der Waals surface area contributed by atoms with Crippen LogP contribution in [0.2, 0.25) is 0 Å². The number of rotatable bonds is 3. The number of carbonyl (C=O) groups is 1. The Hall–Kier alpha value is -3.06. The van der Waals surface area contributed by atoms with Crippen LogP contribution in [0, 0.1) is 0 Å². The molecule has 3 heterocycles. The molecule has 0 atom stereocenters. The van der Waals surface area contributed by atoms with Gasteiger partial charge in [0.05, 0.1) is 5.56 Å². The lowest BCUT2D eigenvalue weighted by atomic mass is 10.2. The smallest absolute Gasteiger partial charge is 0.257 e. The molecule has 0 radical (unpaired) electrons. The largest absolute Gasteiger partial charge is 0.436 e. The number of nitrogens with one attached hydrogen (secondary N) is 1. The number of pyridine rings is 2. The van der Waals surface area contributed by atoms with Crippen LogP contribution in [-0.4, -0.2) is 20.9 Å². The zero-order valence-electron chi connectivity index (χ0n) is 12.8. The first-order valence-corrected chi connectivity index (χ1v) is 8.21. The number of carbonyl (C=O) groups excluding carboxylic acids is 1. The molecule has 4 aromatic rings. The summed E-state index contributed by atoms with van der Waals surface area (Å²) in [6, 6.07) is 10.7. The fourth-order valence-electron chi connectivity index (χ4n) is 2.36. The Balaban J connectivity index is 1.62. The molecule has 6 nitrogen and oxygen atoms in total. The summed E-state index contributed by atoms with van der Waals surface area (Å²) in [5, 5.41) is 2.83. The summed E-state index contributed by atoms with van der Waals surface area (Å²) < 4.78 is 6.53. The van der Waals surface area contributed by atoms with E-state index in [9.17, 15) is 4.79 Å². The van der Waals surface area contributed by atoms with E-state index in [0.29, 0.717) is 28.2 Å². The Morgan fingerprint density at radius 3 is 2.68 bits per heavy atom. The van der Waals surface area contributed by atoms with Gasteiger partial charge in [0.25, 0.3) is 5.91 Å². The van der Waals surface area contributed by atoms with Crippen molar-refractivity contribution in [3.05, 3.63) is 71.2 Å². The number of oxazole rings is 1. The van der Waals surface area contributed by atoms with Gasteiger partial charge >= 0.3 is 0 Å². The van der Waals surface area contributed by atoms with Gasteiger partial charge in [-0.1, -0.05) is 0 Å². The number of aromatic nitrogens is 3. The van der Waals surface area contributed by atoms with E-state index < -0.39 is 0 Å². The molecule has 0 spiro atoms. The molecule has 0 aliphatic rings. The van der Waals surface area contributed by atoms with Crippen molar-refractivity contribution >= 4 is 38.6 Å². The highest BCUT2D eigenvalue weighted by molar-refractivity contribution is 9.10. The zero-order valence-corrected chi connectivity index (χ0v) is 14.4. The van der Waals surface area contributed by atoms with Gasteiger partial charge in [0.15, 0.2) is 5.58 Å². The number of anilines is 1. The average molecular weight is 395 g/mol. The van der Waals surface area contributed by atoms with Crippen LogP contribution in [0.5, 0.6) is 0 Å². The topological polar surface area (TPSA) is 80.9 Å². The first kappa shape index (κ1) is 15.5. The van der Waals surface area contributed by atoms with Gasteiger partial charge in [-0.15, -0.1) is 0 Å². The van der Waals surface area contributed by atoms with Crippen molar-refractivity contribution in [3.8, 4) is 11.5 Å². The van der Waals surface area contributed by atoms with Crippen LogP contribution < -0.4 is 5.32 Å². The van der Waals surface area contributed by atoms with Gasteiger partial charge in [-0.25, -0.2) is 4.98 Å². The number of fused-ring (bicyclic) bond motifs is 1. The second-order valence-electron chi connectivity index (χ2n) is 5.28. The molecule has 0 unspecified atom stereocenters. The molecule has 7 heteroatoms. The van der Waals surface area contributed by atoms with Crippen LogP contribution >= 0.6 is 15.9 Å². The van der Waals surface area contributed by atoms with E-state index >= 15 is 0 Å². The lowest BCUT2D eigenvalue weighted by molar-refractivity contribution is 0.102. The standard InChI is InChI=1S/C18H11BrN4O2/c19-13-7-12(9-21-10-13)17(24)22-14-1-2-15-16(8-14)25-18(23-15)11-3-5-20-6-4-11/h1-10H,(H,22,24). The van der Waals surface area contributed by atoms with Gasteiger partial charge in [0, 0.05) is 46.6 Å². The molecule has 3 aromatic heterocycles. The van der Waals surface area contributed by atoms with E-state index in [2.05, 4.69) is 36.2 Å². The molecular formula is C18H11BrN4O2. The molecule has 0 aliphatic carbocycles. The van der Waals surface area contributed by atoms with E-state index in [4.69, 9.17) is 4.42 Å². The van der Waals surface area contributed by atoms with E-state index in [1.807, 2.05) is 12.1 Å². The number of hydrogen-bond acceptors (Lipinski definition) is 5. The summed E-state index contributed by atoms with van der Waals surface area (Å²) in [5.41, 5.74) is 3.24. The summed E-state index contributed by atoms with van der Waals surface area (Å²) in [7, 11) is 0. The van der Waals surface area contributed by atoms with Crippen LogP contribution in [0.1, 0.15) is 10.4 Å². The third-order valence-electron chi connectivity index (χ3n) is 3.54. The van der Waals surface area contributed by atoms with Crippen molar-refractivity contribution in [3.63, 3.8) is 0 Å². The summed E-state index contributed by atoms with van der Waals surface area (Å²) >= 11 is 3.30. The zero-order chi connectivity index (χ0) is 17.2. The summed E-state index contributed by atoms with van der Waals surface area (Å²) in [4.78, 5) is 24.7. The van der Waals surface area contributed by atoms with Crippen molar-refractivity contribution in [2.45, 2.75) is 0 Å². The highest BCUT2D eigenvalue weighted by Crippen LogP contribution is 2.26. The quantitative estimate of drug-likeness (QED) is 0.560. The SMILES string of the molecule is O=C(Nc1ccc2nc(-c3ccncc3)oc2c1)c1cncc(Br)c1. The number of halogens is 1. The minimum atomic E-state index is -0.248. The molecule has 0 bridgehead atoms. The molecule has 0 fully saturated rings. The molecule has 0 saturated carbocycles. The lowest BCUT2D eigenvalue weighted by Gasteiger charge is -2.04. The maximum atomic E-state index is 12.3. The number of benzene rings is 1. The average Bonchev–Trinajstić information content (AvgIpc) is 3.06. The van der Waals surface area contributed by atoms with Gasteiger partial charge in [-0.2, -0.15) is 0 Å². The predicted octanol–water partition coefficient (Wildman–Crippen LogP) is 4.30. The molecule has 4 rings (SSSR count). The van der Waals surface area contributed by atoms with Crippen molar-refractivity contribution < 1.29 is 9.21 Å². The highest BCUT2D eigenvalue weighted by Gasteiger charge is 2.11. The summed E-state index contributed by atoms with van der Waals surface area (Å²) in [6.45, 7) is 0. The van der Waals surface area contributed by atoms with Crippen LogP contribution in [0.25, 0.3) is 22.6 Å². The number of nitrogens with zero attached hydrogens (tertiary/aromatic N) is 3. The second-order valence-corrected chi connectivity index (χ2v) is 6.20. The van der Waals surface area contributed by atoms with Crippen LogP contribution in [0.4, 0.5) is 5.69 Å². The molecule has 122 valence electrons. The van der Waals surface area contributed by atoms with Gasteiger partial charge < -0.3 is 9.73 Å². The second kappa shape index (κ2) is 6.45. The molecule has 1 N–H and O–H groups in total. The van der Waals surface area contributed by atoms with Crippen molar-refractivity contribution in [2.75, 3.05) is 5.32 Å². The van der Waals surface area contributed by atoms with Gasteiger partial charge in [-0.3, -0.25) is 14.8 Å². The Bertz CT molecular complexity index is 1060. The van der Waals surface area contributed by atoms with Gasteiger partial charge in [0.2, 0.25) is 5.89 Å². The molecule has 0 aliphatic heterocycles. The number of hydrogen-bond donors (Lipinski definition) is 1. The maximum Gasteiger partial charge on any atom is 0.257 e. The molecule has 1 amide bonds. The Morgan fingerprint density at radius 1 is 1.04 bits per heavy atom. The van der Waals surface area contributed by atoms with Crippen molar-refractivity contribution in [1.29, 1.82) is 0 Å². The van der Waals surface area contributed by atoms with E-state index in [1.54, 1.807) is 42.9 Å². The predicted molar refractivity (Wildman–Crippen MR) is 97.1 cm³/mol. The molecule has 25 heavy (non-hydrogen) atoms. The molecular weight excluding hydrogens is 384 g/mol. The summed E-state index contributed by atoms with van der Waals surface area (Å²) in [5.74, 6) is 0.263. The van der Waals surface area contributed by atoms with Crippen LogP contribution in [0.3, 0.4) is 0 Å². The summed E-state index contributed by atoms with van der Waals surface area (Å²) in [6.07, 6.45) is 6.50. The minimum Gasteiger partial charge on any atom is -0.436 e. The van der Waals surface area contributed by atoms with Gasteiger partial charge in [0.1, 0.15) is 5.52 Å². The van der Waals surface area contributed by atoms with E-state index in [-0.39, 0.29) is 5.91 Å². The maximum absolute atomic E-state index is 12.3. The first-order chi connectivity index (χ1) is 12.2. The lowest BCUT2D eigenvalue weighted by Crippen LogP contribution is -2.12. The van der Waals surface area contributed by atoms with E-state index in [1.165, 1.54) is 6.20 Å². The molecule has 0 saturated heterocycles. The Kier molecular flexibility index (Phi) is 3.99. The van der Waals surface area contributed by atoms with Crippen molar-refractivity contribution in [1.82, 2.24) is 15.0 Å². The van der Waals surface area contributed by atoms with Crippen molar-refractivity contribution in [2.24, 2.45) is 0 Å². The van der Waals surface area contributed by atoms with Crippen LogP contribution in [0.15, 0.2) is 70.1 Å². The molecule has 1 aromatic carbocycles. The Labute approximate surface area is 151 Å². The normalized spacial score (nSPS) is 10.8. The fraction of sp³-hybridized carbons (Fsp3) is 0. The number of amides is 1. The van der Waals surface area contributed by atoms with E-state index in [0.717, 1.165) is 10.0 Å². The Morgan fingerprint density at radius 2 is 1.88 bits per heavy atom. The highest BCUT2D eigenvalue weighted by atomic mass is 79.9. The minimum absolute atomic E-state index is 0.248. The van der Waals surface area contributed by atoms with Crippen LogP contribution in [-0.2, 0) is 0 Å².